The van der Waals surface area contributed by atoms with Gasteiger partial charge in [0.25, 0.3) is 12.3 Å². The van der Waals surface area contributed by atoms with Crippen LogP contribution in [0.25, 0.3) is 11.6 Å². The molecule has 2 rings (SSSR count). The van der Waals surface area contributed by atoms with Crippen molar-refractivity contribution in [2.75, 3.05) is 18.9 Å². The molecule has 2 heterocycles. The van der Waals surface area contributed by atoms with Crippen LogP contribution in [-0.2, 0) is 11.2 Å². The number of nitrogens with zero attached hydrogens (tertiary/aromatic N) is 3. The van der Waals surface area contributed by atoms with Gasteiger partial charge in [-0.05, 0) is 0 Å². The standard InChI is InChI=1S/C9H11F2N5O2/c10-6(11)4-17-2-1-8-13-9(18-16-8)5-3-7(12)15-14-5/h3,6H,1-2,4H2,(H3,12,14,15). The second kappa shape index (κ2) is 5.54. The predicted molar refractivity (Wildman–Crippen MR) is 56.8 cm³/mol. The Bertz CT molecular complexity index is 499. The molecule has 0 atom stereocenters. The van der Waals surface area contributed by atoms with Crippen molar-refractivity contribution in [2.24, 2.45) is 0 Å². The van der Waals surface area contributed by atoms with Gasteiger partial charge in [-0.3, -0.25) is 5.10 Å². The molecular weight excluding hydrogens is 248 g/mol. The number of H-pyrrole nitrogens is 1. The fourth-order valence-corrected chi connectivity index (χ4v) is 1.25. The number of halogens is 2. The van der Waals surface area contributed by atoms with Gasteiger partial charge in [0.2, 0.25) is 0 Å². The Morgan fingerprint density at radius 1 is 1.50 bits per heavy atom. The normalized spacial score (nSPS) is 11.3. The molecule has 18 heavy (non-hydrogen) atoms. The van der Waals surface area contributed by atoms with Crippen LogP contribution >= 0.6 is 0 Å². The van der Waals surface area contributed by atoms with Gasteiger partial charge in [-0.1, -0.05) is 5.16 Å². The van der Waals surface area contributed by atoms with Crippen molar-refractivity contribution in [3.05, 3.63) is 11.9 Å². The molecule has 3 N–H and O–H groups in total. The Kier molecular flexibility index (Phi) is 3.82. The number of nitrogens with two attached hydrogens (primary N) is 1. The van der Waals surface area contributed by atoms with Crippen LogP contribution in [0.3, 0.4) is 0 Å². The summed E-state index contributed by atoms with van der Waals surface area (Å²) >= 11 is 0. The number of rotatable bonds is 6. The van der Waals surface area contributed by atoms with Crippen LogP contribution < -0.4 is 5.73 Å². The number of hydrogen-bond acceptors (Lipinski definition) is 6. The fourth-order valence-electron chi connectivity index (χ4n) is 1.25. The summed E-state index contributed by atoms with van der Waals surface area (Å²) in [6, 6.07) is 1.55. The maximum Gasteiger partial charge on any atom is 0.276 e. The van der Waals surface area contributed by atoms with Crippen molar-refractivity contribution < 1.29 is 18.0 Å². The Balaban J connectivity index is 1.86. The van der Waals surface area contributed by atoms with Gasteiger partial charge >= 0.3 is 0 Å². The molecule has 0 aromatic carbocycles. The van der Waals surface area contributed by atoms with Crippen molar-refractivity contribution in [1.29, 1.82) is 0 Å². The van der Waals surface area contributed by atoms with Crippen molar-refractivity contribution in [3.8, 4) is 11.6 Å². The van der Waals surface area contributed by atoms with Crippen LogP contribution in [0.5, 0.6) is 0 Å². The Labute approximate surface area is 100 Å². The molecule has 2 aromatic rings. The monoisotopic (exact) mass is 259 g/mol. The van der Waals surface area contributed by atoms with Crippen molar-refractivity contribution in [3.63, 3.8) is 0 Å². The molecule has 0 radical (unpaired) electrons. The van der Waals surface area contributed by atoms with Crippen molar-refractivity contribution in [2.45, 2.75) is 12.8 Å². The van der Waals surface area contributed by atoms with E-state index in [1.165, 1.54) is 0 Å². The molecule has 0 aliphatic rings. The first-order chi connectivity index (χ1) is 8.65. The van der Waals surface area contributed by atoms with E-state index < -0.39 is 13.0 Å². The van der Waals surface area contributed by atoms with E-state index in [0.717, 1.165) is 0 Å². The van der Waals surface area contributed by atoms with Gasteiger partial charge < -0.3 is 15.0 Å². The topological polar surface area (TPSA) is 103 Å². The van der Waals surface area contributed by atoms with E-state index in [-0.39, 0.29) is 12.5 Å². The number of aromatic amines is 1. The zero-order chi connectivity index (χ0) is 13.0. The van der Waals surface area contributed by atoms with Crippen LogP contribution in [0.4, 0.5) is 14.6 Å². The Morgan fingerprint density at radius 3 is 3.00 bits per heavy atom. The van der Waals surface area contributed by atoms with E-state index >= 15 is 0 Å². The SMILES string of the molecule is Nc1cc(-c2nc(CCOCC(F)F)no2)[nH]n1. The zero-order valence-corrected chi connectivity index (χ0v) is 9.27. The number of aromatic nitrogens is 4. The molecule has 0 saturated heterocycles. The number of hydrogen-bond donors (Lipinski definition) is 2. The van der Waals surface area contributed by atoms with Crippen LogP contribution in [0.2, 0.25) is 0 Å². The Morgan fingerprint density at radius 2 is 2.33 bits per heavy atom. The minimum absolute atomic E-state index is 0.106. The number of anilines is 1. The first-order valence-electron chi connectivity index (χ1n) is 5.15. The first-order valence-corrected chi connectivity index (χ1v) is 5.15. The second-order valence-corrected chi connectivity index (χ2v) is 3.44. The molecule has 0 aliphatic heterocycles. The summed E-state index contributed by atoms with van der Waals surface area (Å²) in [6.45, 7) is -0.490. The smallest absolute Gasteiger partial charge is 0.276 e. The maximum absolute atomic E-state index is 11.8. The molecule has 2 aromatic heterocycles. The minimum Gasteiger partial charge on any atom is -0.382 e. The number of nitrogen functional groups attached to an aromatic ring is 1. The lowest BCUT2D eigenvalue weighted by atomic mass is 10.4. The highest BCUT2D eigenvalue weighted by Gasteiger charge is 2.11. The lowest BCUT2D eigenvalue weighted by Gasteiger charge is -1.99. The fraction of sp³-hybridized carbons (Fsp3) is 0.444. The van der Waals surface area contributed by atoms with Gasteiger partial charge in [0.1, 0.15) is 18.1 Å². The summed E-state index contributed by atoms with van der Waals surface area (Å²) in [5.74, 6) is 0.917. The molecule has 0 amide bonds. The number of nitrogens with one attached hydrogen (secondary N) is 1. The van der Waals surface area contributed by atoms with Crippen LogP contribution in [-0.4, -0.2) is 40.0 Å². The number of alkyl halides is 2. The minimum atomic E-state index is -2.47. The summed E-state index contributed by atoms with van der Waals surface area (Å²) < 4.78 is 33.2. The third-order valence-corrected chi connectivity index (χ3v) is 2.01. The predicted octanol–water partition coefficient (Wildman–Crippen LogP) is 0.866. The highest BCUT2D eigenvalue weighted by atomic mass is 19.3. The van der Waals surface area contributed by atoms with Gasteiger partial charge in [-0.15, -0.1) is 0 Å². The Hall–Kier alpha value is -2.03. The van der Waals surface area contributed by atoms with Gasteiger partial charge in [-0.2, -0.15) is 10.1 Å². The van der Waals surface area contributed by atoms with Crippen molar-refractivity contribution in [1.82, 2.24) is 20.3 Å². The molecule has 0 bridgehead atoms. The molecule has 9 heteroatoms. The lowest BCUT2D eigenvalue weighted by Crippen LogP contribution is -2.07. The molecular formula is C9H11F2N5O2. The average Bonchev–Trinajstić information content (AvgIpc) is 2.93. The summed E-state index contributed by atoms with van der Waals surface area (Å²) in [4.78, 5) is 4.04. The van der Waals surface area contributed by atoms with Crippen LogP contribution in [0, 0.1) is 0 Å². The molecule has 7 nitrogen and oxygen atoms in total. The quantitative estimate of drug-likeness (QED) is 0.746. The van der Waals surface area contributed by atoms with Gasteiger partial charge in [0, 0.05) is 12.5 Å². The van der Waals surface area contributed by atoms with Crippen molar-refractivity contribution >= 4 is 5.82 Å². The maximum atomic E-state index is 11.8. The molecule has 0 aliphatic carbocycles. The molecule has 0 fully saturated rings. The first kappa shape index (κ1) is 12.4. The summed E-state index contributed by atoms with van der Waals surface area (Å²) in [5, 5.41) is 10.0. The summed E-state index contributed by atoms with van der Waals surface area (Å²) in [5.41, 5.74) is 5.93. The van der Waals surface area contributed by atoms with E-state index in [0.29, 0.717) is 23.8 Å². The second-order valence-electron chi connectivity index (χ2n) is 3.44. The van der Waals surface area contributed by atoms with E-state index in [9.17, 15) is 8.78 Å². The van der Waals surface area contributed by atoms with Crippen LogP contribution in [0.1, 0.15) is 5.82 Å². The summed E-state index contributed by atoms with van der Waals surface area (Å²) in [6.07, 6.45) is -2.18. The van der Waals surface area contributed by atoms with E-state index in [4.69, 9.17) is 15.0 Å². The van der Waals surface area contributed by atoms with Gasteiger partial charge in [0.15, 0.2) is 5.82 Å². The van der Waals surface area contributed by atoms with Crippen LogP contribution in [0.15, 0.2) is 10.6 Å². The lowest BCUT2D eigenvalue weighted by molar-refractivity contribution is 0.0182. The summed E-state index contributed by atoms with van der Waals surface area (Å²) in [7, 11) is 0. The highest BCUT2D eigenvalue weighted by Crippen LogP contribution is 2.15. The highest BCUT2D eigenvalue weighted by molar-refractivity contribution is 5.51. The molecule has 0 unspecified atom stereocenters. The number of ether oxygens (including phenoxy) is 1. The zero-order valence-electron chi connectivity index (χ0n) is 9.27. The molecule has 0 saturated carbocycles. The average molecular weight is 259 g/mol. The molecule has 98 valence electrons. The largest absolute Gasteiger partial charge is 0.382 e. The third-order valence-electron chi connectivity index (χ3n) is 2.01. The molecule has 0 spiro atoms. The third kappa shape index (κ3) is 3.23. The van der Waals surface area contributed by atoms with E-state index in [1.54, 1.807) is 6.07 Å². The van der Waals surface area contributed by atoms with E-state index in [2.05, 4.69) is 20.3 Å². The van der Waals surface area contributed by atoms with Gasteiger partial charge in [0.05, 0.1) is 6.61 Å². The van der Waals surface area contributed by atoms with E-state index in [1.807, 2.05) is 0 Å². The van der Waals surface area contributed by atoms with Gasteiger partial charge in [-0.25, -0.2) is 8.78 Å².